The summed E-state index contributed by atoms with van der Waals surface area (Å²) in [5, 5.41) is 0. The Morgan fingerprint density at radius 2 is 1.75 bits per heavy atom. The Morgan fingerprint density at radius 1 is 1.17 bits per heavy atom. The average Bonchev–Trinajstić information content (AvgIpc) is 1.83. The van der Waals surface area contributed by atoms with Crippen molar-refractivity contribution in [2.45, 2.75) is 53.0 Å². The van der Waals surface area contributed by atoms with Crippen LogP contribution in [0.2, 0.25) is 0 Å². The molecule has 1 fully saturated rings. The van der Waals surface area contributed by atoms with Gasteiger partial charge in [-0.3, -0.25) is 0 Å². The Labute approximate surface area is 76.7 Å². The molecule has 0 saturated heterocycles. The topological polar surface area (TPSA) is 26.0 Å². The first-order valence-electron chi connectivity index (χ1n) is 5.17. The first kappa shape index (κ1) is 10.0. The first-order valence-corrected chi connectivity index (χ1v) is 5.17. The van der Waals surface area contributed by atoms with E-state index in [4.69, 9.17) is 5.73 Å². The van der Waals surface area contributed by atoms with Crippen molar-refractivity contribution in [1.29, 1.82) is 0 Å². The molecule has 0 aliphatic heterocycles. The van der Waals surface area contributed by atoms with Gasteiger partial charge in [0.2, 0.25) is 0 Å². The van der Waals surface area contributed by atoms with Crippen molar-refractivity contribution in [1.82, 2.24) is 0 Å². The number of rotatable bonds is 0. The maximum Gasteiger partial charge on any atom is 0.00415 e. The Balaban J connectivity index is 2.57. The lowest BCUT2D eigenvalue weighted by Gasteiger charge is -2.40. The van der Waals surface area contributed by atoms with Crippen LogP contribution in [0.15, 0.2) is 0 Å². The fourth-order valence-corrected chi connectivity index (χ4v) is 2.72. The summed E-state index contributed by atoms with van der Waals surface area (Å²) in [6, 6.07) is 0.471. The van der Waals surface area contributed by atoms with E-state index in [2.05, 4.69) is 27.7 Å². The van der Waals surface area contributed by atoms with Crippen molar-refractivity contribution in [2.24, 2.45) is 23.0 Å². The molecular weight excluding hydrogens is 146 g/mol. The Kier molecular flexibility index (Phi) is 2.82. The second-order valence-corrected chi connectivity index (χ2v) is 5.52. The summed E-state index contributed by atoms with van der Waals surface area (Å²) in [5.74, 6) is 1.69. The lowest BCUT2D eigenvalue weighted by atomic mass is 9.66. The van der Waals surface area contributed by atoms with E-state index < -0.39 is 0 Å². The number of hydrogen-bond donors (Lipinski definition) is 1. The quantitative estimate of drug-likeness (QED) is 0.593. The highest BCUT2D eigenvalue weighted by Gasteiger charge is 2.33. The molecule has 0 aromatic rings. The van der Waals surface area contributed by atoms with Gasteiger partial charge in [-0.15, -0.1) is 0 Å². The van der Waals surface area contributed by atoms with E-state index >= 15 is 0 Å². The van der Waals surface area contributed by atoms with E-state index in [1.165, 1.54) is 19.3 Å². The van der Waals surface area contributed by atoms with Crippen LogP contribution < -0.4 is 5.73 Å². The standard InChI is InChI=1S/C11H23N/c1-8-7-9(12)5-6-10(8)11(2,3)4/h8-10H,5-7,12H2,1-4H3. The molecule has 1 aliphatic carbocycles. The molecule has 1 heteroatoms. The molecule has 0 spiro atoms. The van der Waals surface area contributed by atoms with E-state index in [9.17, 15) is 0 Å². The van der Waals surface area contributed by atoms with Crippen LogP contribution in [-0.4, -0.2) is 6.04 Å². The largest absolute Gasteiger partial charge is 0.328 e. The van der Waals surface area contributed by atoms with Gasteiger partial charge in [-0.1, -0.05) is 27.7 Å². The number of hydrogen-bond acceptors (Lipinski definition) is 1. The van der Waals surface area contributed by atoms with E-state index in [0.717, 1.165) is 11.8 Å². The van der Waals surface area contributed by atoms with Crippen molar-refractivity contribution in [3.8, 4) is 0 Å². The zero-order valence-electron chi connectivity index (χ0n) is 8.93. The molecule has 72 valence electrons. The van der Waals surface area contributed by atoms with Gasteiger partial charge in [0.05, 0.1) is 0 Å². The molecule has 3 atom stereocenters. The van der Waals surface area contributed by atoms with Crippen LogP contribution in [0.1, 0.15) is 47.0 Å². The lowest BCUT2D eigenvalue weighted by Crippen LogP contribution is -2.37. The third-order valence-electron chi connectivity index (χ3n) is 3.32. The summed E-state index contributed by atoms with van der Waals surface area (Å²) in [4.78, 5) is 0. The molecule has 0 heterocycles. The van der Waals surface area contributed by atoms with E-state index in [-0.39, 0.29) is 0 Å². The van der Waals surface area contributed by atoms with Gasteiger partial charge in [0.1, 0.15) is 0 Å². The van der Waals surface area contributed by atoms with Crippen LogP contribution in [0, 0.1) is 17.3 Å². The molecule has 1 nitrogen and oxygen atoms in total. The molecule has 12 heavy (non-hydrogen) atoms. The van der Waals surface area contributed by atoms with Crippen LogP contribution in [0.5, 0.6) is 0 Å². The molecule has 0 radical (unpaired) electrons. The summed E-state index contributed by atoms with van der Waals surface area (Å²) in [6.07, 6.45) is 3.78. The molecule has 1 saturated carbocycles. The molecule has 2 N–H and O–H groups in total. The van der Waals surface area contributed by atoms with Crippen LogP contribution in [0.3, 0.4) is 0 Å². The van der Waals surface area contributed by atoms with Gasteiger partial charge in [0.15, 0.2) is 0 Å². The molecule has 0 amide bonds. The highest BCUT2D eigenvalue weighted by atomic mass is 14.6. The highest BCUT2D eigenvalue weighted by molar-refractivity contribution is 4.85. The van der Waals surface area contributed by atoms with Crippen LogP contribution in [-0.2, 0) is 0 Å². The minimum absolute atomic E-state index is 0.471. The fourth-order valence-electron chi connectivity index (χ4n) is 2.72. The third kappa shape index (κ3) is 2.22. The minimum Gasteiger partial charge on any atom is -0.328 e. The van der Waals surface area contributed by atoms with Crippen LogP contribution >= 0.6 is 0 Å². The van der Waals surface area contributed by atoms with E-state index in [0.29, 0.717) is 11.5 Å². The predicted molar refractivity (Wildman–Crippen MR) is 53.9 cm³/mol. The van der Waals surface area contributed by atoms with Crippen LogP contribution in [0.25, 0.3) is 0 Å². The Hall–Kier alpha value is -0.0400. The van der Waals surface area contributed by atoms with Gasteiger partial charge >= 0.3 is 0 Å². The molecule has 1 rings (SSSR count). The van der Waals surface area contributed by atoms with Gasteiger partial charge in [0.25, 0.3) is 0 Å². The van der Waals surface area contributed by atoms with Crippen LogP contribution in [0.4, 0.5) is 0 Å². The zero-order chi connectivity index (χ0) is 9.35. The van der Waals surface area contributed by atoms with Crippen molar-refractivity contribution in [2.75, 3.05) is 0 Å². The van der Waals surface area contributed by atoms with E-state index in [1.807, 2.05) is 0 Å². The summed E-state index contributed by atoms with van der Waals surface area (Å²) < 4.78 is 0. The second kappa shape index (κ2) is 3.37. The fraction of sp³-hybridized carbons (Fsp3) is 1.00. The van der Waals surface area contributed by atoms with Gasteiger partial charge in [-0.2, -0.15) is 0 Å². The molecule has 0 aromatic heterocycles. The molecule has 3 unspecified atom stereocenters. The normalized spacial score (nSPS) is 38.2. The predicted octanol–water partition coefficient (Wildman–Crippen LogP) is 2.80. The zero-order valence-corrected chi connectivity index (χ0v) is 8.93. The smallest absolute Gasteiger partial charge is 0.00415 e. The molecule has 0 bridgehead atoms. The Morgan fingerprint density at radius 3 is 2.17 bits per heavy atom. The highest BCUT2D eigenvalue weighted by Crippen LogP contribution is 2.40. The van der Waals surface area contributed by atoms with Gasteiger partial charge in [-0.05, 0) is 36.5 Å². The summed E-state index contributed by atoms with van der Waals surface area (Å²) in [6.45, 7) is 9.41. The molecule has 1 aliphatic rings. The molecular formula is C11H23N. The second-order valence-electron chi connectivity index (χ2n) is 5.52. The monoisotopic (exact) mass is 169 g/mol. The first-order chi connectivity index (χ1) is 5.41. The third-order valence-corrected chi connectivity index (χ3v) is 3.32. The maximum atomic E-state index is 5.93. The van der Waals surface area contributed by atoms with Gasteiger partial charge in [0, 0.05) is 6.04 Å². The van der Waals surface area contributed by atoms with Crippen molar-refractivity contribution >= 4 is 0 Å². The minimum atomic E-state index is 0.471. The number of nitrogens with two attached hydrogens (primary N) is 1. The maximum absolute atomic E-state index is 5.93. The van der Waals surface area contributed by atoms with Crippen molar-refractivity contribution < 1.29 is 0 Å². The summed E-state index contributed by atoms with van der Waals surface area (Å²) >= 11 is 0. The van der Waals surface area contributed by atoms with Crippen molar-refractivity contribution in [3.63, 3.8) is 0 Å². The average molecular weight is 169 g/mol. The van der Waals surface area contributed by atoms with Crippen molar-refractivity contribution in [3.05, 3.63) is 0 Å². The summed E-state index contributed by atoms with van der Waals surface area (Å²) in [5.41, 5.74) is 6.40. The Bertz CT molecular complexity index is 146. The summed E-state index contributed by atoms with van der Waals surface area (Å²) in [7, 11) is 0. The lowest BCUT2D eigenvalue weighted by molar-refractivity contribution is 0.109. The van der Waals surface area contributed by atoms with E-state index in [1.54, 1.807) is 0 Å². The van der Waals surface area contributed by atoms with Gasteiger partial charge in [-0.25, -0.2) is 0 Å². The molecule has 0 aromatic carbocycles. The SMILES string of the molecule is CC1CC(N)CCC1C(C)(C)C. The van der Waals surface area contributed by atoms with Gasteiger partial charge < -0.3 is 5.73 Å².